The van der Waals surface area contributed by atoms with Gasteiger partial charge in [-0.15, -0.1) is 11.3 Å². The molecule has 0 saturated heterocycles. The second-order valence-electron chi connectivity index (χ2n) is 10.3. The Labute approximate surface area is 218 Å². The molecule has 0 fully saturated rings. The van der Waals surface area contributed by atoms with Crippen molar-refractivity contribution in [3.8, 4) is 0 Å². The van der Waals surface area contributed by atoms with Crippen LogP contribution in [-0.4, -0.2) is 46.9 Å². The molecule has 1 aliphatic heterocycles. The molecule has 0 bridgehead atoms. The van der Waals surface area contributed by atoms with Crippen LogP contribution in [0.2, 0.25) is 0 Å². The molecule has 36 heavy (non-hydrogen) atoms. The first-order chi connectivity index (χ1) is 17.5. The van der Waals surface area contributed by atoms with Crippen LogP contribution in [0.5, 0.6) is 0 Å². The SMILES string of the molecule is CCC(CCC1c2[nH]c3ccccc3c2CCN1C(=O)Cc1cccs1)(Cc1ccccc1)N(C)C. The second kappa shape index (κ2) is 10.6. The van der Waals surface area contributed by atoms with Crippen LogP contribution >= 0.6 is 11.3 Å². The summed E-state index contributed by atoms with van der Waals surface area (Å²) in [4.78, 5) is 23.1. The second-order valence-corrected chi connectivity index (χ2v) is 11.4. The van der Waals surface area contributed by atoms with E-state index in [1.54, 1.807) is 11.3 Å². The minimum absolute atomic E-state index is 0.0352. The van der Waals surface area contributed by atoms with E-state index in [9.17, 15) is 4.79 Å². The minimum atomic E-state index is 0.0352. The number of carbonyl (C=O) groups is 1. The molecule has 1 N–H and O–H groups in total. The first-order valence-electron chi connectivity index (χ1n) is 13.1. The normalized spacial score (nSPS) is 17.3. The molecule has 1 aliphatic rings. The van der Waals surface area contributed by atoms with Gasteiger partial charge in [0.2, 0.25) is 5.91 Å². The number of benzene rings is 2. The number of H-pyrrole nitrogens is 1. The van der Waals surface area contributed by atoms with Gasteiger partial charge in [-0.05, 0) is 74.8 Å². The number of thiophene rings is 1. The summed E-state index contributed by atoms with van der Waals surface area (Å²) in [6.45, 7) is 3.08. The fourth-order valence-corrected chi connectivity index (χ4v) is 6.75. The summed E-state index contributed by atoms with van der Waals surface area (Å²) < 4.78 is 0. The number of carbonyl (C=O) groups excluding carboxylic acids is 1. The van der Waals surface area contributed by atoms with E-state index >= 15 is 0 Å². The highest BCUT2D eigenvalue weighted by Crippen LogP contribution is 2.40. The van der Waals surface area contributed by atoms with Crippen molar-refractivity contribution >= 4 is 28.1 Å². The van der Waals surface area contributed by atoms with Gasteiger partial charge in [0.05, 0.1) is 12.5 Å². The highest BCUT2D eigenvalue weighted by Gasteiger charge is 2.37. The lowest BCUT2D eigenvalue weighted by Crippen LogP contribution is -2.47. The molecule has 2 unspecified atom stereocenters. The smallest absolute Gasteiger partial charge is 0.228 e. The van der Waals surface area contributed by atoms with Crippen LogP contribution in [0.4, 0.5) is 0 Å². The molecule has 5 rings (SSSR count). The van der Waals surface area contributed by atoms with Crippen LogP contribution in [0.3, 0.4) is 0 Å². The lowest BCUT2D eigenvalue weighted by Gasteiger charge is -2.43. The Morgan fingerprint density at radius 2 is 1.86 bits per heavy atom. The van der Waals surface area contributed by atoms with Gasteiger partial charge in [-0.2, -0.15) is 0 Å². The summed E-state index contributed by atoms with van der Waals surface area (Å²) in [5.41, 5.74) is 5.22. The van der Waals surface area contributed by atoms with E-state index in [1.165, 1.54) is 27.7 Å². The molecular weight excluding hydrogens is 462 g/mol. The van der Waals surface area contributed by atoms with Crippen LogP contribution in [0, 0.1) is 0 Å². The van der Waals surface area contributed by atoms with E-state index in [0.29, 0.717) is 6.42 Å². The maximum Gasteiger partial charge on any atom is 0.228 e. The lowest BCUT2D eigenvalue weighted by molar-refractivity contribution is -0.133. The fraction of sp³-hybridized carbons (Fsp3) is 0.387. The Hall–Kier alpha value is -2.89. The standard InChI is InChI=1S/C31H37N3OS/c1-4-31(33(2)3,22-23-11-6-5-7-12-23)18-16-28-30-26(25-14-8-9-15-27(25)32-30)17-19-34(28)29(35)21-24-13-10-20-36-24/h5-15,20,28,32H,4,16-19,21-22H2,1-3H3. The lowest BCUT2D eigenvalue weighted by atomic mass is 9.80. The average molecular weight is 500 g/mol. The van der Waals surface area contributed by atoms with Crippen molar-refractivity contribution in [1.29, 1.82) is 0 Å². The highest BCUT2D eigenvalue weighted by atomic mass is 32.1. The van der Waals surface area contributed by atoms with E-state index in [1.807, 2.05) is 6.07 Å². The monoisotopic (exact) mass is 499 g/mol. The Morgan fingerprint density at radius 1 is 1.08 bits per heavy atom. The third kappa shape index (κ3) is 4.87. The van der Waals surface area contributed by atoms with Crippen LogP contribution in [0.15, 0.2) is 72.1 Å². The maximum absolute atomic E-state index is 13.6. The predicted octanol–water partition coefficient (Wildman–Crippen LogP) is 6.63. The van der Waals surface area contributed by atoms with Crippen molar-refractivity contribution in [3.05, 3.63) is 93.8 Å². The third-order valence-electron chi connectivity index (χ3n) is 8.25. The van der Waals surface area contributed by atoms with Gasteiger partial charge in [0.15, 0.2) is 0 Å². The topological polar surface area (TPSA) is 39.3 Å². The number of fused-ring (bicyclic) bond motifs is 3. The minimum Gasteiger partial charge on any atom is -0.356 e. The number of nitrogens with one attached hydrogen (secondary N) is 1. The van der Waals surface area contributed by atoms with Crippen molar-refractivity contribution < 1.29 is 4.79 Å². The summed E-state index contributed by atoms with van der Waals surface area (Å²) in [5.74, 6) is 0.238. The molecule has 1 amide bonds. The fourth-order valence-electron chi connectivity index (χ4n) is 6.05. The molecule has 5 heteroatoms. The van der Waals surface area contributed by atoms with Crippen LogP contribution in [0.25, 0.3) is 10.9 Å². The number of amides is 1. The van der Waals surface area contributed by atoms with Crippen molar-refractivity contribution in [3.63, 3.8) is 0 Å². The van der Waals surface area contributed by atoms with Gasteiger partial charge in [0.25, 0.3) is 0 Å². The van der Waals surface area contributed by atoms with Gasteiger partial charge >= 0.3 is 0 Å². The van der Waals surface area contributed by atoms with Gasteiger partial charge in [-0.1, -0.05) is 61.5 Å². The Balaban J connectivity index is 1.47. The summed E-state index contributed by atoms with van der Waals surface area (Å²) in [7, 11) is 4.42. The maximum atomic E-state index is 13.6. The van der Waals surface area contributed by atoms with E-state index in [0.717, 1.165) is 43.5 Å². The summed E-state index contributed by atoms with van der Waals surface area (Å²) in [6, 6.07) is 23.6. The molecule has 0 aliphatic carbocycles. The average Bonchev–Trinajstić information content (AvgIpc) is 3.54. The summed E-state index contributed by atoms with van der Waals surface area (Å²) in [6.07, 6.45) is 5.42. The van der Waals surface area contributed by atoms with Gasteiger partial charge in [0.1, 0.15) is 0 Å². The zero-order valence-corrected chi connectivity index (χ0v) is 22.5. The van der Waals surface area contributed by atoms with E-state index < -0.39 is 0 Å². The number of hydrogen-bond donors (Lipinski definition) is 1. The highest BCUT2D eigenvalue weighted by molar-refractivity contribution is 7.10. The van der Waals surface area contributed by atoms with Crippen molar-refractivity contribution in [2.75, 3.05) is 20.6 Å². The molecule has 4 nitrogen and oxygen atoms in total. The number of para-hydroxylation sites is 1. The van der Waals surface area contributed by atoms with Gasteiger partial charge in [-0.25, -0.2) is 0 Å². The van der Waals surface area contributed by atoms with Crippen molar-refractivity contribution in [2.45, 2.75) is 57.0 Å². The first-order valence-corrected chi connectivity index (χ1v) is 14.0. The summed E-state index contributed by atoms with van der Waals surface area (Å²) >= 11 is 1.67. The molecule has 2 aromatic heterocycles. The van der Waals surface area contributed by atoms with Crippen molar-refractivity contribution in [2.24, 2.45) is 0 Å². The molecule has 4 aromatic rings. The Kier molecular flexibility index (Phi) is 7.31. The predicted molar refractivity (Wildman–Crippen MR) is 151 cm³/mol. The molecular formula is C31H37N3OS. The third-order valence-corrected chi connectivity index (χ3v) is 9.13. The molecule has 2 atom stereocenters. The van der Waals surface area contributed by atoms with Crippen molar-refractivity contribution in [1.82, 2.24) is 14.8 Å². The van der Waals surface area contributed by atoms with E-state index in [4.69, 9.17) is 0 Å². The van der Waals surface area contributed by atoms with Gasteiger partial charge < -0.3 is 14.8 Å². The number of likely N-dealkylation sites (N-methyl/N-ethyl adjacent to an activating group) is 1. The van der Waals surface area contributed by atoms with Crippen LogP contribution in [-0.2, 0) is 24.1 Å². The van der Waals surface area contributed by atoms with Gasteiger partial charge in [0, 0.05) is 33.6 Å². The number of rotatable bonds is 9. The van der Waals surface area contributed by atoms with E-state index in [2.05, 4.69) is 102 Å². The zero-order valence-electron chi connectivity index (χ0n) is 21.7. The number of hydrogen-bond acceptors (Lipinski definition) is 3. The van der Waals surface area contributed by atoms with Gasteiger partial charge in [-0.3, -0.25) is 4.79 Å². The molecule has 188 valence electrons. The molecule has 0 saturated carbocycles. The number of aromatic nitrogens is 1. The molecule has 0 spiro atoms. The quantitative estimate of drug-likeness (QED) is 0.281. The largest absolute Gasteiger partial charge is 0.356 e. The zero-order chi connectivity index (χ0) is 25.1. The molecule has 0 radical (unpaired) electrons. The first kappa shape index (κ1) is 24.8. The molecule has 2 aromatic carbocycles. The Bertz CT molecular complexity index is 1290. The van der Waals surface area contributed by atoms with Crippen LogP contribution < -0.4 is 0 Å². The number of aromatic amines is 1. The Morgan fingerprint density at radius 3 is 2.58 bits per heavy atom. The van der Waals surface area contributed by atoms with E-state index in [-0.39, 0.29) is 17.5 Å². The van der Waals surface area contributed by atoms with Crippen LogP contribution in [0.1, 0.15) is 53.9 Å². The summed E-state index contributed by atoms with van der Waals surface area (Å²) in [5, 5.41) is 3.36. The number of nitrogens with zero attached hydrogens (tertiary/aromatic N) is 2. The molecule has 3 heterocycles.